The van der Waals surface area contributed by atoms with Crippen molar-refractivity contribution in [1.82, 2.24) is 10.6 Å². The van der Waals surface area contributed by atoms with Crippen LogP contribution in [0.1, 0.15) is 34.1 Å². The highest BCUT2D eigenvalue weighted by Crippen LogP contribution is 2.43. The number of esters is 2. The van der Waals surface area contributed by atoms with E-state index >= 15 is 0 Å². The SMILES string of the molecule is CCOC(=O)C1(C)C(C(=O)C(=O)NCCCNC(=O)C(=O)C2=C(Nc3ccccc3)C(=O)N(c3ccccc3)C2(C)C(=O)OCC)=C(Nc2ccccc2)C(=O)N1c1ccccc1. The fraction of sp³-hybridized carbons (Fsp3) is 0.234. The summed E-state index contributed by atoms with van der Waals surface area (Å²) in [5.41, 5.74) is -4.26. The van der Waals surface area contributed by atoms with E-state index in [1.54, 1.807) is 135 Å². The Morgan fingerprint density at radius 2 is 0.825 bits per heavy atom. The van der Waals surface area contributed by atoms with Crippen LogP contribution >= 0.6 is 0 Å². The van der Waals surface area contributed by atoms with Crippen LogP contribution in [-0.2, 0) is 47.8 Å². The Hall–Kier alpha value is -7.88. The van der Waals surface area contributed by atoms with Crippen LogP contribution in [0.3, 0.4) is 0 Å². The number of benzene rings is 4. The zero-order chi connectivity index (χ0) is 45.3. The second kappa shape index (κ2) is 19.2. The van der Waals surface area contributed by atoms with Gasteiger partial charge in [-0.15, -0.1) is 0 Å². The van der Waals surface area contributed by atoms with E-state index in [-0.39, 0.29) is 55.5 Å². The number of para-hydroxylation sites is 4. The number of hydrogen-bond donors (Lipinski definition) is 4. The maximum atomic E-state index is 14.2. The number of rotatable bonds is 18. The van der Waals surface area contributed by atoms with Crippen LogP contribution in [0.5, 0.6) is 0 Å². The molecular weight excluding hydrogens is 809 g/mol. The van der Waals surface area contributed by atoms with E-state index in [9.17, 15) is 38.4 Å². The molecule has 0 spiro atoms. The molecule has 2 atom stereocenters. The normalized spacial score (nSPS) is 18.2. The van der Waals surface area contributed by atoms with Crippen LogP contribution in [0.2, 0.25) is 0 Å². The predicted molar refractivity (Wildman–Crippen MR) is 233 cm³/mol. The molecule has 16 nitrogen and oxygen atoms in total. The van der Waals surface area contributed by atoms with Gasteiger partial charge >= 0.3 is 11.9 Å². The van der Waals surface area contributed by atoms with Crippen molar-refractivity contribution in [3.05, 3.63) is 144 Å². The molecule has 2 unspecified atom stereocenters. The van der Waals surface area contributed by atoms with Gasteiger partial charge in [0.15, 0.2) is 11.1 Å². The van der Waals surface area contributed by atoms with Gasteiger partial charge in [-0.3, -0.25) is 38.6 Å². The van der Waals surface area contributed by atoms with Crippen LogP contribution in [0.15, 0.2) is 144 Å². The number of anilines is 4. The number of carbonyl (C=O) groups is 8. The number of nitrogens with zero attached hydrogens (tertiary/aromatic N) is 2. The molecule has 2 heterocycles. The summed E-state index contributed by atoms with van der Waals surface area (Å²) in [7, 11) is 0. The fourth-order valence-electron chi connectivity index (χ4n) is 7.50. The van der Waals surface area contributed by atoms with Gasteiger partial charge in [0.25, 0.3) is 35.2 Å². The Bertz CT molecular complexity index is 2320. The summed E-state index contributed by atoms with van der Waals surface area (Å²) < 4.78 is 10.8. The molecule has 0 aliphatic carbocycles. The lowest BCUT2D eigenvalue weighted by molar-refractivity contribution is -0.149. The van der Waals surface area contributed by atoms with E-state index in [1.807, 2.05) is 0 Å². The van der Waals surface area contributed by atoms with E-state index in [1.165, 1.54) is 13.8 Å². The maximum Gasteiger partial charge on any atom is 0.337 e. The number of carbonyl (C=O) groups excluding carboxylic acids is 8. The van der Waals surface area contributed by atoms with Crippen LogP contribution < -0.4 is 31.1 Å². The van der Waals surface area contributed by atoms with Gasteiger partial charge in [-0.05, 0) is 82.6 Å². The number of nitrogens with one attached hydrogen (secondary N) is 4. The highest BCUT2D eigenvalue weighted by Gasteiger charge is 2.60. The van der Waals surface area contributed by atoms with Gasteiger partial charge < -0.3 is 30.7 Å². The van der Waals surface area contributed by atoms with E-state index in [0.29, 0.717) is 11.4 Å². The first kappa shape index (κ1) is 44.7. The minimum Gasteiger partial charge on any atom is -0.464 e. The molecule has 6 rings (SSSR count). The number of amides is 4. The van der Waals surface area contributed by atoms with Gasteiger partial charge in [-0.25, -0.2) is 9.59 Å². The molecule has 4 aromatic carbocycles. The van der Waals surface area contributed by atoms with Gasteiger partial charge in [0.2, 0.25) is 0 Å². The first-order valence-corrected chi connectivity index (χ1v) is 20.2. The lowest BCUT2D eigenvalue weighted by Crippen LogP contribution is -2.55. The zero-order valence-electron chi connectivity index (χ0n) is 35.1. The molecule has 0 saturated heterocycles. The zero-order valence-corrected chi connectivity index (χ0v) is 35.1. The maximum absolute atomic E-state index is 14.2. The predicted octanol–water partition coefficient (Wildman–Crippen LogP) is 4.22. The first-order valence-electron chi connectivity index (χ1n) is 20.2. The second-order valence-electron chi connectivity index (χ2n) is 14.5. The van der Waals surface area contributed by atoms with Crippen molar-refractivity contribution >= 4 is 69.9 Å². The van der Waals surface area contributed by atoms with Crippen LogP contribution in [-0.4, -0.2) is 84.5 Å². The third kappa shape index (κ3) is 8.68. The van der Waals surface area contributed by atoms with Crippen molar-refractivity contribution in [2.75, 3.05) is 46.7 Å². The van der Waals surface area contributed by atoms with Gasteiger partial charge in [0.1, 0.15) is 11.4 Å². The second-order valence-corrected chi connectivity index (χ2v) is 14.5. The summed E-state index contributed by atoms with van der Waals surface area (Å²) in [6.45, 7) is 5.24. The minimum atomic E-state index is -2.08. The Kier molecular flexibility index (Phi) is 13.6. The summed E-state index contributed by atoms with van der Waals surface area (Å²) >= 11 is 0. The van der Waals surface area contributed by atoms with Gasteiger partial charge in [-0.2, -0.15) is 0 Å². The lowest BCUT2D eigenvalue weighted by Gasteiger charge is -2.34. The molecule has 0 aromatic heterocycles. The third-order valence-corrected chi connectivity index (χ3v) is 10.5. The van der Waals surface area contributed by atoms with Gasteiger partial charge in [0, 0.05) is 35.8 Å². The van der Waals surface area contributed by atoms with Crippen molar-refractivity contribution in [3.8, 4) is 0 Å². The molecule has 4 N–H and O–H groups in total. The first-order chi connectivity index (χ1) is 30.3. The van der Waals surface area contributed by atoms with Crippen molar-refractivity contribution in [2.24, 2.45) is 0 Å². The quantitative estimate of drug-likeness (QED) is 0.0631. The molecule has 0 bridgehead atoms. The average Bonchev–Trinajstić information content (AvgIpc) is 3.65. The molecule has 2 aliphatic rings. The lowest BCUT2D eigenvalue weighted by atomic mass is 9.88. The summed E-state index contributed by atoms with van der Waals surface area (Å²) in [6, 6.07) is 33.3. The Balaban J connectivity index is 1.21. The minimum absolute atomic E-state index is 0.00515. The summed E-state index contributed by atoms with van der Waals surface area (Å²) in [5.74, 6) is -8.08. The molecule has 63 heavy (non-hydrogen) atoms. The summed E-state index contributed by atoms with van der Waals surface area (Å²) in [5, 5.41) is 10.9. The standard InChI is InChI=1S/C47H46N6O10/c1-5-62-44(60)46(3)34(36(50-30-20-11-7-12-21-30)42(58)52(46)32-24-15-9-16-25-32)38(54)40(56)48-28-19-29-49-41(57)39(55)35-37(51-31-22-13-8-14-23-31)43(59)53(33-26-17-10-18-27-33)47(35,4)45(61)63-6-2/h7-18,20-27,50-51H,5-6,19,28-29H2,1-4H3,(H,48,56)(H,49,57). The highest BCUT2D eigenvalue weighted by atomic mass is 16.5. The fourth-order valence-corrected chi connectivity index (χ4v) is 7.50. The molecule has 16 heteroatoms. The monoisotopic (exact) mass is 854 g/mol. The summed E-state index contributed by atoms with van der Waals surface area (Å²) in [4.78, 5) is 114. The van der Waals surface area contributed by atoms with Crippen molar-refractivity contribution in [2.45, 2.75) is 45.2 Å². The Morgan fingerprint density at radius 1 is 0.508 bits per heavy atom. The molecule has 0 saturated carbocycles. The largest absolute Gasteiger partial charge is 0.464 e. The Labute approximate surface area is 363 Å². The topological polar surface area (TPSA) is 210 Å². The molecule has 0 radical (unpaired) electrons. The number of ketones is 2. The van der Waals surface area contributed by atoms with E-state index in [2.05, 4.69) is 21.3 Å². The molecule has 324 valence electrons. The number of hydrogen-bond acceptors (Lipinski definition) is 12. The smallest absolute Gasteiger partial charge is 0.337 e. The average molecular weight is 855 g/mol. The number of Topliss-reactive ketones (excluding diaryl/α,β-unsaturated/α-hetero) is 2. The van der Waals surface area contributed by atoms with Crippen molar-refractivity contribution in [1.29, 1.82) is 0 Å². The van der Waals surface area contributed by atoms with E-state index in [4.69, 9.17) is 9.47 Å². The van der Waals surface area contributed by atoms with Gasteiger partial charge in [-0.1, -0.05) is 72.8 Å². The molecule has 0 fully saturated rings. The third-order valence-electron chi connectivity index (χ3n) is 10.5. The van der Waals surface area contributed by atoms with Crippen LogP contribution in [0, 0.1) is 0 Å². The summed E-state index contributed by atoms with van der Waals surface area (Å²) in [6.07, 6.45) is -0.00515. The molecular formula is C47H46N6O10. The van der Waals surface area contributed by atoms with Gasteiger partial charge in [0.05, 0.1) is 24.4 Å². The van der Waals surface area contributed by atoms with Crippen molar-refractivity contribution in [3.63, 3.8) is 0 Å². The molecule has 4 aromatic rings. The highest BCUT2D eigenvalue weighted by molar-refractivity contribution is 6.48. The van der Waals surface area contributed by atoms with E-state index in [0.717, 1.165) is 9.80 Å². The van der Waals surface area contributed by atoms with E-state index < -0.39 is 69.4 Å². The van der Waals surface area contributed by atoms with Crippen LogP contribution in [0.4, 0.5) is 22.7 Å². The molecule has 4 amide bonds. The Morgan fingerprint density at radius 3 is 1.14 bits per heavy atom. The molecule has 2 aliphatic heterocycles. The number of ether oxygens (including phenoxy) is 2. The van der Waals surface area contributed by atoms with Crippen LogP contribution in [0.25, 0.3) is 0 Å². The van der Waals surface area contributed by atoms with Crippen molar-refractivity contribution < 1.29 is 47.8 Å².